The molecule has 110 valence electrons. The molecule has 2 bridgehead atoms. The summed E-state index contributed by atoms with van der Waals surface area (Å²) < 4.78 is 5.29. The molecule has 2 heterocycles. The molecule has 8 heteroatoms. The largest absolute Gasteiger partial charge is 0.478 e. The maximum absolute atomic E-state index is 12.3. The number of halogens is 2. The Balaban J connectivity index is 2.10. The van der Waals surface area contributed by atoms with Crippen LogP contribution in [0.4, 0.5) is 5.69 Å². The van der Waals surface area contributed by atoms with Crippen molar-refractivity contribution >= 4 is 46.7 Å². The average Bonchev–Trinajstić information content (AvgIpc) is 2.86. The Morgan fingerprint density at radius 1 is 1.14 bits per heavy atom. The van der Waals surface area contributed by atoms with E-state index in [9.17, 15) is 14.4 Å². The van der Waals surface area contributed by atoms with Crippen molar-refractivity contribution in [3.05, 3.63) is 27.7 Å². The van der Waals surface area contributed by atoms with Crippen LogP contribution in [0, 0.1) is 0 Å². The maximum atomic E-state index is 12.3. The first-order valence-corrected chi connectivity index (χ1v) is 6.91. The Morgan fingerprint density at radius 3 is 2.05 bits per heavy atom. The average molecular weight is 330 g/mol. The van der Waals surface area contributed by atoms with Crippen molar-refractivity contribution in [1.29, 1.82) is 0 Å². The lowest BCUT2D eigenvalue weighted by atomic mass is 10.1. The molecule has 0 aliphatic carbocycles. The first kappa shape index (κ1) is 14.3. The molecule has 3 rings (SSSR count). The van der Waals surface area contributed by atoms with Crippen LogP contribution < -0.4 is 4.90 Å². The highest BCUT2D eigenvalue weighted by Gasteiger charge is 2.48. The van der Waals surface area contributed by atoms with Gasteiger partial charge in [-0.25, -0.2) is 9.69 Å². The van der Waals surface area contributed by atoms with Gasteiger partial charge in [-0.2, -0.15) is 0 Å². The summed E-state index contributed by atoms with van der Waals surface area (Å²) in [6, 6.07) is 2.31. The van der Waals surface area contributed by atoms with Crippen LogP contribution in [0.5, 0.6) is 0 Å². The summed E-state index contributed by atoms with van der Waals surface area (Å²) in [6.07, 6.45) is -0.430. The predicted molar refractivity (Wildman–Crippen MR) is 73.8 cm³/mol. The molecule has 0 radical (unpaired) electrons. The summed E-state index contributed by atoms with van der Waals surface area (Å²) in [6.45, 7) is 0. The van der Waals surface area contributed by atoms with Crippen LogP contribution >= 0.6 is 23.2 Å². The zero-order valence-corrected chi connectivity index (χ0v) is 12.0. The van der Waals surface area contributed by atoms with E-state index in [1.165, 1.54) is 0 Å². The van der Waals surface area contributed by atoms with E-state index in [0.717, 1.165) is 17.0 Å². The summed E-state index contributed by atoms with van der Waals surface area (Å²) >= 11 is 12.0. The molecule has 2 amide bonds. The van der Waals surface area contributed by atoms with Gasteiger partial charge in [-0.05, 0) is 25.0 Å². The predicted octanol–water partition coefficient (Wildman–Crippen LogP) is 2.11. The number of carboxylic acid groups (broad SMARTS) is 1. The van der Waals surface area contributed by atoms with Gasteiger partial charge < -0.3 is 9.84 Å². The SMILES string of the molecule is O=C(O)c1cc(Cl)c(N2C(=O)C3CCC(O3)C2=O)c(Cl)c1. The Hall–Kier alpha value is -1.63. The fourth-order valence-corrected chi connectivity index (χ4v) is 3.18. The number of anilines is 1. The summed E-state index contributed by atoms with van der Waals surface area (Å²) in [7, 11) is 0. The lowest BCUT2D eigenvalue weighted by Crippen LogP contribution is -2.52. The van der Waals surface area contributed by atoms with Crippen molar-refractivity contribution < 1.29 is 24.2 Å². The van der Waals surface area contributed by atoms with Gasteiger partial charge in [0.15, 0.2) is 0 Å². The first-order valence-electron chi connectivity index (χ1n) is 6.15. The molecular formula is C13H9Cl2NO5. The number of carbonyl (C=O) groups is 3. The highest BCUT2D eigenvalue weighted by molar-refractivity contribution is 6.42. The Morgan fingerprint density at radius 2 is 1.62 bits per heavy atom. The van der Waals surface area contributed by atoms with Crippen LogP contribution in [-0.4, -0.2) is 35.1 Å². The Kier molecular flexibility index (Phi) is 3.39. The minimum atomic E-state index is -1.20. The van der Waals surface area contributed by atoms with Gasteiger partial charge in [0.05, 0.1) is 21.3 Å². The smallest absolute Gasteiger partial charge is 0.335 e. The zero-order chi connectivity index (χ0) is 15.3. The summed E-state index contributed by atoms with van der Waals surface area (Å²) in [5, 5.41) is 8.81. The number of benzene rings is 1. The molecule has 2 aliphatic heterocycles. The summed E-state index contributed by atoms with van der Waals surface area (Å²) in [5.74, 6) is -2.26. The van der Waals surface area contributed by atoms with Gasteiger partial charge in [0.25, 0.3) is 11.8 Å². The minimum absolute atomic E-state index is 0.0125. The number of hydrogen-bond acceptors (Lipinski definition) is 4. The van der Waals surface area contributed by atoms with Crippen molar-refractivity contribution in [2.45, 2.75) is 25.0 Å². The van der Waals surface area contributed by atoms with E-state index >= 15 is 0 Å². The molecule has 21 heavy (non-hydrogen) atoms. The lowest BCUT2D eigenvalue weighted by molar-refractivity contribution is -0.146. The van der Waals surface area contributed by atoms with Gasteiger partial charge in [0.1, 0.15) is 12.2 Å². The van der Waals surface area contributed by atoms with Crippen LogP contribution in [-0.2, 0) is 14.3 Å². The number of ether oxygens (including phenoxy) is 1. The molecule has 2 saturated heterocycles. The highest BCUT2D eigenvalue weighted by atomic mass is 35.5. The number of carbonyl (C=O) groups excluding carboxylic acids is 2. The van der Waals surface area contributed by atoms with E-state index in [1.807, 2.05) is 0 Å². The number of hydrogen-bond donors (Lipinski definition) is 1. The number of amides is 2. The standard InChI is InChI=1S/C13H9Cl2NO5/c14-6-3-5(13(19)20)4-7(15)10(6)16-11(17)8-1-2-9(21-8)12(16)18/h3-4,8-9H,1-2H2,(H,19,20). The highest BCUT2D eigenvalue weighted by Crippen LogP contribution is 2.40. The van der Waals surface area contributed by atoms with Crippen molar-refractivity contribution in [3.8, 4) is 0 Å². The molecule has 2 aliphatic rings. The summed E-state index contributed by atoms with van der Waals surface area (Å²) in [4.78, 5) is 36.4. The van der Waals surface area contributed by atoms with Gasteiger partial charge >= 0.3 is 5.97 Å². The molecule has 6 nitrogen and oxygen atoms in total. The van der Waals surface area contributed by atoms with E-state index in [1.54, 1.807) is 0 Å². The summed E-state index contributed by atoms with van der Waals surface area (Å²) in [5.41, 5.74) is -0.108. The van der Waals surface area contributed by atoms with Crippen LogP contribution in [0.15, 0.2) is 12.1 Å². The van der Waals surface area contributed by atoms with Crippen molar-refractivity contribution in [3.63, 3.8) is 0 Å². The van der Waals surface area contributed by atoms with Gasteiger partial charge in [0.2, 0.25) is 0 Å². The molecule has 2 fully saturated rings. The molecular weight excluding hydrogens is 321 g/mol. The molecule has 1 aromatic rings. The van der Waals surface area contributed by atoms with Gasteiger partial charge in [-0.15, -0.1) is 0 Å². The number of aromatic carboxylic acids is 1. The quantitative estimate of drug-likeness (QED) is 0.840. The van der Waals surface area contributed by atoms with E-state index in [2.05, 4.69) is 0 Å². The third-order valence-corrected chi connectivity index (χ3v) is 4.07. The molecule has 0 aromatic heterocycles. The van der Waals surface area contributed by atoms with Crippen LogP contribution in [0.3, 0.4) is 0 Å². The molecule has 0 spiro atoms. The van der Waals surface area contributed by atoms with Crippen molar-refractivity contribution in [1.82, 2.24) is 0 Å². The fraction of sp³-hybridized carbons (Fsp3) is 0.308. The lowest BCUT2D eigenvalue weighted by Gasteiger charge is -2.31. The second kappa shape index (κ2) is 4.98. The number of morpholine rings is 1. The number of carboxylic acids is 1. The first-order chi connectivity index (χ1) is 9.90. The molecule has 2 atom stereocenters. The van der Waals surface area contributed by atoms with E-state index in [0.29, 0.717) is 12.8 Å². The van der Waals surface area contributed by atoms with Gasteiger partial charge in [-0.1, -0.05) is 23.2 Å². The third kappa shape index (κ3) is 2.19. The van der Waals surface area contributed by atoms with E-state index < -0.39 is 30.0 Å². The Bertz CT molecular complexity index is 630. The van der Waals surface area contributed by atoms with Crippen molar-refractivity contribution in [2.24, 2.45) is 0 Å². The third-order valence-electron chi connectivity index (χ3n) is 3.50. The maximum Gasteiger partial charge on any atom is 0.335 e. The zero-order valence-electron chi connectivity index (χ0n) is 10.5. The molecule has 0 saturated carbocycles. The second-order valence-corrected chi connectivity index (χ2v) is 5.61. The normalized spacial score (nSPS) is 24.6. The van der Waals surface area contributed by atoms with Crippen LogP contribution in [0.1, 0.15) is 23.2 Å². The number of rotatable bonds is 2. The molecule has 1 aromatic carbocycles. The minimum Gasteiger partial charge on any atom is -0.478 e. The Labute approximate surface area is 129 Å². The van der Waals surface area contributed by atoms with Crippen molar-refractivity contribution in [2.75, 3.05) is 4.90 Å². The van der Waals surface area contributed by atoms with Gasteiger partial charge in [-0.3, -0.25) is 9.59 Å². The van der Waals surface area contributed by atoms with Crippen LogP contribution in [0.2, 0.25) is 10.0 Å². The van der Waals surface area contributed by atoms with E-state index in [-0.39, 0.29) is 21.3 Å². The monoisotopic (exact) mass is 329 g/mol. The number of imide groups is 1. The topological polar surface area (TPSA) is 83.9 Å². The molecule has 2 unspecified atom stereocenters. The second-order valence-electron chi connectivity index (χ2n) is 4.80. The molecule has 1 N–H and O–H groups in total. The van der Waals surface area contributed by atoms with Crippen LogP contribution in [0.25, 0.3) is 0 Å². The number of nitrogens with zero attached hydrogens (tertiary/aromatic N) is 1. The van der Waals surface area contributed by atoms with Gasteiger partial charge in [0, 0.05) is 0 Å². The fourth-order valence-electron chi connectivity index (χ4n) is 2.52. The number of fused-ring (bicyclic) bond motifs is 2. The van der Waals surface area contributed by atoms with E-state index in [4.69, 9.17) is 33.0 Å².